The van der Waals surface area contributed by atoms with E-state index in [9.17, 15) is 23.6 Å². The number of carbonyl (C=O) groups is 2. The van der Waals surface area contributed by atoms with E-state index >= 15 is 0 Å². The first-order valence-corrected chi connectivity index (χ1v) is 16.9. The van der Waals surface area contributed by atoms with Gasteiger partial charge in [0.05, 0.1) is 24.0 Å². The summed E-state index contributed by atoms with van der Waals surface area (Å²) in [5.41, 5.74) is -1.25. The molecule has 0 aromatic heterocycles. The van der Waals surface area contributed by atoms with Crippen molar-refractivity contribution in [3.63, 3.8) is 0 Å². The number of benzene rings is 2. The Balaban J connectivity index is 0.000000394. The number of rotatable bonds is 6. The first kappa shape index (κ1) is 43.0. The van der Waals surface area contributed by atoms with Gasteiger partial charge in [-0.05, 0) is 78.6 Å². The van der Waals surface area contributed by atoms with E-state index in [2.05, 4.69) is 6.07 Å². The molecule has 0 spiro atoms. The van der Waals surface area contributed by atoms with E-state index in [1.165, 1.54) is 23.1 Å². The molecule has 2 aromatic rings. The normalized spacial score (nSPS) is 13.8. The number of hydrogen-bond acceptors (Lipinski definition) is 6. The highest BCUT2D eigenvalue weighted by atomic mass is 35.5. The van der Waals surface area contributed by atoms with E-state index in [1.807, 2.05) is 26.8 Å². The SMILES string of the molecule is CC(C)(C)OC(=O)N(CCCl)CCCl.CC(C)(C)OC(=O)N1CCC(C#N)(c2ccc(Cl)cc2F)CC1.N#CCc1ccc(Cl)cc1F. The van der Waals surface area contributed by atoms with Crippen LogP contribution >= 0.6 is 46.4 Å². The molecule has 14 heteroatoms. The zero-order chi connectivity index (χ0) is 36.7. The number of likely N-dealkylation sites (tertiary alicyclic amines) is 1. The number of nitriles is 2. The van der Waals surface area contributed by atoms with Gasteiger partial charge in [0, 0.05) is 59.1 Å². The number of nitrogens with zero attached hydrogens (tertiary/aromatic N) is 4. The first-order valence-electron chi connectivity index (χ1n) is 15.1. The average Bonchev–Trinajstić information content (AvgIpc) is 2.97. The maximum atomic E-state index is 14.2. The molecule has 2 amide bonds. The number of piperidine rings is 1. The Hall–Kier alpha value is -3.02. The fourth-order valence-corrected chi connectivity index (χ4v) is 5.02. The third-order valence-electron chi connectivity index (χ3n) is 6.57. The smallest absolute Gasteiger partial charge is 0.410 e. The molecule has 0 bridgehead atoms. The van der Waals surface area contributed by atoms with Crippen LogP contribution in [0.2, 0.25) is 10.0 Å². The Bertz CT molecular complexity index is 1440. The van der Waals surface area contributed by atoms with Gasteiger partial charge in [-0.2, -0.15) is 10.5 Å². The third kappa shape index (κ3) is 15.0. The molecular weight excluding hydrogens is 708 g/mol. The first-order chi connectivity index (χ1) is 22.3. The monoisotopic (exact) mass is 748 g/mol. The molecule has 0 unspecified atom stereocenters. The number of hydrogen-bond donors (Lipinski definition) is 0. The summed E-state index contributed by atoms with van der Waals surface area (Å²) in [7, 11) is 0. The Labute approximate surface area is 302 Å². The van der Waals surface area contributed by atoms with Crippen molar-refractivity contribution < 1.29 is 27.8 Å². The molecule has 48 heavy (non-hydrogen) atoms. The van der Waals surface area contributed by atoms with Crippen LogP contribution in [0.5, 0.6) is 0 Å². The summed E-state index contributed by atoms with van der Waals surface area (Å²) in [4.78, 5) is 26.7. The van der Waals surface area contributed by atoms with Crippen molar-refractivity contribution in [1.29, 1.82) is 10.5 Å². The minimum atomic E-state index is -0.937. The highest BCUT2D eigenvalue weighted by Crippen LogP contribution is 2.37. The fraction of sp³-hybridized carbons (Fsp3) is 0.529. The van der Waals surface area contributed by atoms with Gasteiger partial charge in [0.2, 0.25) is 0 Å². The molecule has 0 radical (unpaired) electrons. The number of ether oxygens (including phenoxy) is 2. The summed E-state index contributed by atoms with van der Waals surface area (Å²) in [5.74, 6) is -0.129. The van der Waals surface area contributed by atoms with Crippen LogP contribution in [0.15, 0.2) is 36.4 Å². The molecule has 8 nitrogen and oxygen atoms in total. The molecule has 1 aliphatic heterocycles. The van der Waals surface area contributed by atoms with Crippen LogP contribution in [0.3, 0.4) is 0 Å². The number of carbonyl (C=O) groups excluding carboxylic acids is 2. The van der Waals surface area contributed by atoms with Gasteiger partial charge in [-0.3, -0.25) is 0 Å². The summed E-state index contributed by atoms with van der Waals surface area (Å²) in [6.45, 7) is 12.5. The zero-order valence-corrected chi connectivity index (χ0v) is 31.0. The summed E-state index contributed by atoms with van der Waals surface area (Å²) in [5, 5.41) is 18.5. The van der Waals surface area contributed by atoms with Crippen molar-refractivity contribution in [2.45, 2.75) is 77.4 Å². The van der Waals surface area contributed by atoms with Gasteiger partial charge in [0.15, 0.2) is 0 Å². The molecule has 1 saturated heterocycles. The van der Waals surface area contributed by atoms with Crippen LogP contribution in [0.4, 0.5) is 18.4 Å². The van der Waals surface area contributed by atoms with Crippen LogP contribution in [0, 0.1) is 34.3 Å². The third-order valence-corrected chi connectivity index (χ3v) is 7.38. The van der Waals surface area contributed by atoms with Gasteiger partial charge >= 0.3 is 12.2 Å². The van der Waals surface area contributed by atoms with Crippen molar-refractivity contribution >= 4 is 58.6 Å². The van der Waals surface area contributed by atoms with Crippen LogP contribution in [0.25, 0.3) is 0 Å². The molecule has 1 heterocycles. The van der Waals surface area contributed by atoms with E-state index in [-0.39, 0.29) is 12.5 Å². The standard InChI is InChI=1S/C17H20ClFN2O2.C9H17Cl2NO2.C8H5ClFN/c1-16(2,3)23-15(22)21-8-6-17(11-20,7-9-21)13-5-4-12(18)10-14(13)19;1-9(2,3)14-8(13)12(6-4-10)7-5-11;9-7-2-1-6(3-4-11)8(10)5-7/h4-5,10H,6-9H2,1-3H3;4-7H2,1-3H3;1-2,5H,3H2. The van der Waals surface area contributed by atoms with Crippen molar-refractivity contribution in [1.82, 2.24) is 9.80 Å². The minimum Gasteiger partial charge on any atom is -0.444 e. The second-order valence-corrected chi connectivity index (χ2v) is 14.3. The molecule has 0 aliphatic carbocycles. The lowest BCUT2D eigenvalue weighted by molar-refractivity contribution is 0.0183. The summed E-state index contributed by atoms with van der Waals surface area (Å²) in [6.07, 6.45) is 0.0467. The Morgan fingerprint density at radius 3 is 1.79 bits per heavy atom. The minimum absolute atomic E-state index is 0.0863. The van der Waals surface area contributed by atoms with Gasteiger partial charge in [-0.1, -0.05) is 35.3 Å². The van der Waals surface area contributed by atoms with E-state index in [1.54, 1.807) is 43.9 Å². The molecule has 3 rings (SSSR count). The molecule has 0 saturated carbocycles. The highest BCUT2D eigenvalue weighted by Gasteiger charge is 2.40. The predicted molar refractivity (Wildman–Crippen MR) is 186 cm³/mol. The topological polar surface area (TPSA) is 107 Å². The number of amides is 2. The lowest BCUT2D eigenvalue weighted by Gasteiger charge is -2.38. The van der Waals surface area contributed by atoms with Crippen molar-refractivity contribution in [2.24, 2.45) is 0 Å². The van der Waals surface area contributed by atoms with Crippen molar-refractivity contribution in [3.05, 3.63) is 69.2 Å². The molecule has 0 N–H and O–H groups in total. The van der Waals surface area contributed by atoms with Gasteiger partial charge in [0.1, 0.15) is 22.8 Å². The van der Waals surface area contributed by atoms with E-state index in [0.717, 1.165) is 0 Å². The zero-order valence-electron chi connectivity index (χ0n) is 28.0. The maximum absolute atomic E-state index is 14.2. The number of halogens is 6. The van der Waals surface area contributed by atoms with Crippen molar-refractivity contribution in [2.75, 3.05) is 37.9 Å². The Morgan fingerprint density at radius 1 is 0.875 bits per heavy atom. The summed E-state index contributed by atoms with van der Waals surface area (Å²) < 4.78 is 37.5. The quantitative estimate of drug-likeness (QED) is 0.273. The molecule has 1 fully saturated rings. The largest absolute Gasteiger partial charge is 0.444 e. The molecule has 264 valence electrons. The highest BCUT2D eigenvalue weighted by molar-refractivity contribution is 6.30. The van der Waals surface area contributed by atoms with Crippen LogP contribution in [0.1, 0.15) is 65.5 Å². The average molecular weight is 751 g/mol. The van der Waals surface area contributed by atoms with Crippen LogP contribution in [-0.4, -0.2) is 71.1 Å². The molecule has 0 atom stereocenters. The lowest BCUT2D eigenvalue weighted by atomic mass is 9.74. The van der Waals surface area contributed by atoms with E-state index in [4.69, 9.17) is 61.1 Å². The van der Waals surface area contributed by atoms with Crippen molar-refractivity contribution in [3.8, 4) is 12.1 Å². The van der Waals surface area contributed by atoms with E-state index in [0.29, 0.717) is 72.0 Å². The molecule has 2 aromatic carbocycles. The summed E-state index contributed by atoms with van der Waals surface area (Å²) in [6, 6.07) is 12.7. The molecular formula is C34H42Cl4F2N4O4. The van der Waals surface area contributed by atoms with E-state index < -0.39 is 34.3 Å². The fourth-order valence-electron chi connectivity index (χ4n) is 4.29. The second kappa shape index (κ2) is 19.8. The number of alkyl halides is 2. The Kier molecular flexibility index (Phi) is 17.8. The maximum Gasteiger partial charge on any atom is 0.410 e. The van der Waals surface area contributed by atoms with Crippen LogP contribution < -0.4 is 0 Å². The predicted octanol–water partition coefficient (Wildman–Crippen LogP) is 9.52. The second-order valence-electron chi connectivity index (χ2n) is 12.7. The van der Waals surface area contributed by atoms with Crippen LogP contribution in [-0.2, 0) is 21.3 Å². The van der Waals surface area contributed by atoms with Gasteiger partial charge in [0.25, 0.3) is 0 Å². The van der Waals surface area contributed by atoms with Gasteiger partial charge in [-0.15, -0.1) is 23.2 Å². The lowest BCUT2D eigenvalue weighted by Crippen LogP contribution is -2.46. The van der Waals surface area contributed by atoms with Gasteiger partial charge < -0.3 is 19.3 Å². The Morgan fingerprint density at radius 2 is 1.38 bits per heavy atom. The van der Waals surface area contributed by atoms with Gasteiger partial charge in [-0.25, -0.2) is 18.4 Å². The molecule has 1 aliphatic rings. The summed E-state index contributed by atoms with van der Waals surface area (Å²) >= 11 is 22.4.